The lowest BCUT2D eigenvalue weighted by Gasteiger charge is -2.14. The van der Waals surface area contributed by atoms with Gasteiger partial charge in [-0.05, 0) is 56.4 Å². The van der Waals surface area contributed by atoms with E-state index >= 15 is 0 Å². The van der Waals surface area contributed by atoms with Crippen molar-refractivity contribution in [3.8, 4) is 11.3 Å². The number of hydrogen-bond donors (Lipinski definition) is 1. The molecule has 0 atom stereocenters. The fourth-order valence-electron chi connectivity index (χ4n) is 2.67. The maximum absolute atomic E-state index is 5.88. The maximum atomic E-state index is 5.88. The Hall–Kier alpha value is -1.74. The lowest BCUT2D eigenvalue weighted by molar-refractivity contribution is 0.649. The van der Waals surface area contributed by atoms with Crippen LogP contribution in [0.15, 0.2) is 24.4 Å². The lowest BCUT2D eigenvalue weighted by atomic mass is 9.96. The average molecular weight is 267 g/mol. The normalized spacial score (nSPS) is 16.2. The van der Waals surface area contributed by atoms with Crippen LogP contribution in [0.3, 0.4) is 0 Å². The second kappa shape index (κ2) is 4.67. The zero-order chi connectivity index (χ0) is 14.3. The Morgan fingerprint density at radius 3 is 2.50 bits per heavy atom. The Morgan fingerprint density at radius 2 is 1.85 bits per heavy atom. The van der Waals surface area contributed by atoms with Crippen LogP contribution >= 0.6 is 0 Å². The minimum absolute atomic E-state index is 0.0453. The molecule has 3 heteroatoms. The number of nitrogens with two attached hydrogens (primary N) is 1. The largest absolute Gasteiger partial charge is 0.329 e. The van der Waals surface area contributed by atoms with E-state index in [0.29, 0.717) is 6.54 Å². The first-order valence-corrected chi connectivity index (χ1v) is 7.18. The SMILES string of the molecule is Cc1ccc(-c2ccnc(C3(CN)CC3)n2)c(C)c1C. The van der Waals surface area contributed by atoms with Crippen molar-refractivity contribution in [2.45, 2.75) is 39.0 Å². The summed E-state index contributed by atoms with van der Waals surface area (Å²) < 4.78 is 0. The van der Waals surface area contributed by atoms with Crippen molar-refractivity contribution in [3.05, 3.63) is 46.9 Å². The molecule has 0 radical (unpaired) electrons. The maximum Gasteiger partial charge on any atom is 0.136 e. The summed E-state index contributed by atoms with van der Waals surface area (Å²) in [5, 5.41) is 0. The molecule has 2 aromatic rings. The zero-order valence-corrected chi connectivity index (χ0v) is 12.4. The van der Waals surface area contributed by atoms with Crippen molar-refractivity contribution in [2.24, 2.45) is 5.73 Å². The predicted molar refractivity (Wildman–Crippen MR) is 81.6 cm³/mol. The number of rotatable bonds is 3. The molecular formula is C17H21N3. The highest BCUT2D eigenvalue weighted by atomic mass is 14.9. The van der Waals surface area contributed by atoms with Crippen LogP contribution in [0.1, 0.15) is 35.4 Å². The van der Waals surface area contributed by atoms with Crippen molar-refractivity contribution >= 4 is 0 Å². The van der Waals surface area contributed by atoms with Crippen LogP contribution in [0.5, 0.6) is 0 Å². The summed E-state index contributed by atoms with van der Waals surface area (Å²) in [5.41, 5.74) is 12.1. The third kappa shape index (κ3) is 2.02. The van der Waals surface area contributed by atoms with E-state index in [1.807, 2.05) is 12.3 Å². The van der Waals surface area contributed by atoms with E-state index in [1.54, 1.807) is 0 Å². The molecule has 3 rings (SSSR count). The first-order chi connectivity index (χ1) is 9.57. The lowest BCUT2D eigenvalue weighted by Crippen LogP contribution is -2.22. The molecule has 0 bridgehead atoms. The monoisotopic (exact) mass is 267 g/mol. The molecule has 0 amide bonds. The van der Waals surface area contributed by atoms with Crippen molar-refractivity contribution in [2.75, 3.05) is 6.54 Å². The molecule has 20 heavy (non-hydrogen) atoms. The zero-order valence-electron chi connectivity index (χ0n) is 12.4. The standard InChI is InChI=1S/C17H21N3/c1-11-4-5-14(13(3)12(11)2)15-6-9-19-16(20-15)17(10-18)7-8-17/h4-6,9H,7-8,10,18H2,1-3H3. The van der Waals surface area contributed by atoms with Crippen LogP contribution in [0.25, 0.3) is 11.3 Å². The third-order valence-electron chi connectivity index (χ3n) is 4.71. The molecule has 3 nitrogen and oxygen atoms in total. The van der Waals surface area contributed by atoms with Crippen LogP contribution < -0.4 is 5.73 Å². The summed E-state index contributed by atoms with van der Waals surface area (Å²) in [4.78, 5) is 9.24. The summed E-state index contributed by atoms with van der Waals surface area (Å²) in [5.74, 6) is 0.912. The number of benzene rings is 1. The molecule has 1 fully saturated rings. The molecule has 0 saturated heterocycles. The van der Waals surface area contributed by atoms with Crippen LogP contribution in [0.4, 0.5) is 0 Å². The number of aryl methyl sites for hydroxylation is 1. The van der Waals surface area contributed by atoms with Crippen molar-refractivity contribution in [1.82, 2.24) is 9.97 Å². The molecular weight excluding hydrogens is 246 g/mol. The average Bonchev–Trinajstić information content (AvgIpc) is 3.26. The van der Waals surface area contributed by atoms with Gasteiger partial charge < -0.3 is 5.73 Å². The first-order valence-electron chi connectivity index (χ1n) is 7.18. The van der Waals surface area contributed by atoms with Crippen LogP contribution in [-0.2, 0) is 5.41 Å². The highest BCUT2D eigenvalue weighted by molar-refractivity contribution is 5.66. The molecule has 0 unspecified atom stereocenters. The van der Waals surface area contributed by atoms with Crippen LogP contribution in [-0.4, -0.2) is 16.5 Å². The third-order valence-corrected chi connectivity index (χ3v) is 4.71. The van der Waals surface area contributed by atoms with Gasteiger partial charge in [0.25, 0.3) is 0 Å². The van der Waals surface area contributed by atoms with Gasteiger partial charge in [0.2, 0.25) is 0 Å². The quantitative estimate of drug-likeness (QED) is 0.930. The number of aromatic nitrogens is 2. The molecule has 0 aliphatic heterocycles. The van der Waals surface area contributed by atoms with Crippen molar-refractivity contribution in [1.29, 1.82) is 0 Å². The van der Waals surface area contributed by atoms with Gasteiger partial charge in [-0.1, -0.05) is 12.1 Å². The Labute approximate surface area is 120 Å². The van der Waals surface area contributed by atoms with E-state index in [-0.39, 0.29) is 5.41 Å². The van der Waals surface area contributed by atoms with Crippen LogP contribution in [0, 0.1) is 20.8 Å². The fourth-order valence-corrected chi connectivity index (χ4v) is 2.67. The predicted octanol–water partition coefficient (Wildman–Crippen LogP) is 3.06. The van der Waals surface area contributed by atoms with Gasteiger partial charge in [0.05, 0.1) is 5.69 Å². The van der Waals surface area contributed by atoms with Crippen LogP contribution in [0.2, 0.25) is 0 Å². The Morgan fingerprint density at radius 1 is 1.10 bits per heavy atom. The fraction of sp³-hybridized carbons (Fsp3) is 0.412. The summed E-state index contributed by atoms with van der Waals surface area (Å²) in [7, 11) is 0. The minimum atomic E-state index is 0.0453. The molecule has 1 saturated carbocycles. The number of hydrogen-bond acceptors (Lipinski definition) is 3. The smallest absolute Gasteiger partial charge is 0.136 e. The van der Waals surface area contributed by atoms with Gasteiger partial charge in [-0.25, -0.2) is 9.97 Å². The van der Waals surface area contributed by atoms with Crippen molar-refractivity contribution in [3.63, 3.8) is 0 Å². The van der Waals surface area contributed by atoms with Gasteiger partial charge in [-0.3, -0.25) is 0 Å². The summed E-state index contributed by atoms with van der Waals surface area (Å²) in [6, 6.07) is 6.31. The van der Waals surface area contributed by atoms with Crippen molar-refractivity contribution < 1.29 is 0 Å². The molecule has 0 spiro atoms. The Bertz CT molecular complexity index is 657. The van der Waals surface area contributed by atoms with Gasteiger partial charge in [0, 0.05) is 23.7 Å². The van der Waals surface area contributed by atoms with E-state index in [2.05, 4.69) is 37.9 Å². The van der Waals surface area contributed by atoms with E-state index < -0.39 is 0 Å². The van der Waals surface area contributed by atoms with Gasteiger partial charge in [0.15, 0.2) is 0 Å². The molecule has 1 aliphatic carbocycles. The molecule has 1 aromatic carbocycles. The summed E-state index contributed by atoms with van der Waals surface area (Å²) in [6.07, 6.45) is 4.08. The highest BCUT2D eigenvalue weighted by Gasteiger charge is 2.45. The molecule has 1 heterocycles. The molecule has 1 aromatic heterocycles. The van der Waals surface area contributed by atoms with E-state index in [4.69, 9.17) is 10.7 Å². The van der Waals surface area contributed by atoms with E-state index in [0.717, 1.165) is 24.4 Å². The van der Waals surface area contributed by atoms with E-state index in [1.165, 1.54) is 22.3 Å². The molecule has 2 N–H and O–H groups in total. The summed E-state index contributed by atoms with van der Waals surface area (Å²) in [6.45, 7) is 7.11. The summed E-state index contributed by atoms with van der Waals surface area (Å²) >= 11 is 0. The Balaban J connectivity index is 2.08. The minimum Gasteiger partial charge on any atom is -0.329 e. The Kier molecular flexibility index (Phi) is 3.09. The van der Waals surface area contributed by atoms with Gasteiger partial charge in [-0.15, -0.1) is 0 Å². The van der Waals surface area contributed by atoms with E-state index in [9.17, 15) is 0 Å². The molecule has 1 aliphatic rings. The first kappa shape index (κ1) is 13.3. The molecule has 104 valence electrons. The second-order valence-electron chi connectivity index (χ2n) is 5.93. The van der Waals surface area contributed by atoms with Gasteiger partial charge in [-0.2, -0.15) is 0 Å². The highest BCUT2D eigenvalue weighted by Crippen LogP contribution is 2.45. The van der Waals surface area contributed by atoms with Gasteiger partial charge >= 0.3 is 0 Å². The topological polar surface area (TPSA) is 51.8 Å². The second-order valence-corrected chi connectivity index (χ2v) is 5.93. The van der Waals surface area contributed by atoms with Gasteiger partial charge in [0.1, 0.15) is 5.82 Å². The number of nitrogens with zero attached hydrogens (tertiary/aromatic N) is 2.